The van der Waals surface area contributed by atoms with Gasteiger partial charge in [0, 0.05) is 11.8 Å². The van der Waals surface area contributed by atoms with Gasteiger partial charge < -0.3 is 9.94 Å². The molecule has 0 radical (unpaired) electrons. The predicted octanol–water partition coefficient (Wildman–Crippen LogP) is 2.32. The Kier molecular flexibility index (Phi) is 3.35. The minimum absolute atomic E-state index is 0.438. The van der Waals surface area contributed by atoms with E-state index in [4.69, 9.17) is 9.94 Å². The van der Waals surface area contributed by atoms with Crippen LogP contribution in [0, 0.1) is 0 Å². The van der Waals surface area contributed by atoms with E-state index >= 15 is 0 Å². The smallest absolute Gasteiger partial charge is 0.135 e. The van der Waals surface area contributed by atoms with E-state index in [1.54, 1.807) is 19.4 Å². The van der Waals surface area contributed by atoms with Crippen molar-refractivity contribution in [2.24, 2.45) is 5.16 Å². The lowest BCUT2D eigenvalue weighted by Gasteiger charge is -2.05. The maximum Gasteiger partial charge on any atom is 0.135 e. The minimum Gasteiger partial charge on any atom is -0.497 e. The predicted molar refractivity (Wildman–Crippen MR) is 64.7 cm³/mol. The number of nitrogens with zero attached hydrogens (tertiary/aromatic N) is 2. The van der Waals surface area contributed by atoms with Gasteiger partial charge in [-0.15, -0.1) is 0 Å². The molecule has 0 saturated carbocycles. The van der Waals surface area contributed by atoms with E-state index in [-0.39, 0.29) is 0 Å². The Balaban J connectivity index is 2.37. The highest BCUT2D eigenvalue weighted by atomic mass is 16.5. The first-order valence-electron chi connectivity index (χ1n) is 5.13. The van der Waals surface area contributed by atoms with Crippen molar-refractivity contribution in [1.82, 2.24) is 4.98 Å². The molecule has 0 spiro atoms. The maximum atomic E-state index is 9.08. The lowest BCUT2D eigenvalue weighted by atomic mass is 10.1. The molecule has 1 heterocycles. The summed E-state index contributed by atoms with van der Waals surface area (Å²) in [6.07, 6.45) is 1.66. The molecule has 0 amide bonds. The van der Waals surface area contributed by atoms with Gasteiger partial charge in [-0.1, -0.05) is 11.2 Å². The molecule has 17 heavy (non-hydrogen) atoms. The highest BCUT2D eigenvalue weighted by Gasteiger charge is 2.08. The molecule has 0 atom stereocenters. The zero-order chi connectivity index (χ0) is 12.1. The minimum atomic E-state index is 0.438. The summed E-state index contributed by atoms with van der Waals surface area (Å²) in [6.45, 7) is 0. The molecule has 0 aliphatic heterocycles. The fourth-order valence-electron chi connectivity index (χ4n) is 1.51. The van der Waals surface area contributed by atoms with Crippen molar-refractivity contribution in [2.45, 2.75) is 0 Å². The van der Waals surface area contributed by atoms with Gasteiger partial charge in [0.05, 0.1) is 12.8 Å². The van der Waals surface area contributed by atoms with Gasteiger partial charge >= 0.3 is 0 Å². The number of hydrogen-bond donors (Lipinski definition) is 1. The molecule has 0 saturated heterocycles. The fraction of sp³-hybridized carbons (Fsp3) is 0.0769. The number of hydrogen-bond acceptors (Lipinski definition) is 4. The van der Waals surface area contributed by atoms with Crippen LogP contribution in [0.3, 0.4) is 0 Å². The number of benzene rings is 1. The first kappa shape index (κ1) is 11.1. The van der Waals surface area contributed by atoms with E-state index in [1.807, 2.05) is 36.4 Å². The SMILES string of the molecule is COc1ccc(C(=NO)c2ccccn2)cc1. The topological polar surface area (TPSA) is 54.7 Å². The summed E-state index contributed by atoms with van der Waals surface area (Å²) in [6, 6.07) is 12.7. The zero-order valence-corrected chi connectivity index (χ0v) is 9.37. The van der Waals surface area contributed by atoms with E-state index in [0.29, 0.717) is 11.4 Å². The number of aromatic nitrogens is 1. The van der Waals surface area contributed by atoms with Gasteiger partial charge in [0.25, 0.3) is 0 Å². The van der Waals surface area contributed by atoms with Gasteiger partial charge in [-0.3, -0.25) is 4.98 Å². The van der Waals surface area contributed by atoms with Crippen molar-refractivity contribution in [1.29, 1.82) is 0 Å². The average molecular weight is 228 g/mol. The van der Waals surface area contributed by atoms with E-state index in [9.17, 15) is 0 Å². The van der Waals surface area contributed by atoms with Crippen LogP contribution in [0.4, 0.5) is 0 Å². The maximum absolute atomic E-state index is 9.08. The Bertz CT molecular complexity index is 507. The number of methoxy groups -OCH3 is 1. The molecule has 0 aliphatic carbocycles. The molecule has 86 valence electrons. The summed E-state index contributed by atoms with van der Waals surface area (Å²) in [5.74, 6) is 0.757. The second-order valence-corrected chi connectivity index (χ2v) is 3.39. The molecule has 0 aliphatic rings. The van der Waals surface area contributed by atoms with Gasteiger partial charge in [-0.25, -0.2) is 0 Å². The number of pyridine rings is 1. The second-order valence-electron chi connectivity index (χ2n) is 3.39. The third-order valence-corrected chi connectivity index (χ3v) is 2.37. The Morgan fingerprint density at radius 1 is 1.18 bits per heavy atom. The van der Waals surface area contributed by atoms with Crippen LogP contribution in [0.15, 0.2) is 53.8 Å². The molecule has 1 aromatic heterocycles. The van der Waals surface area contributed by atoms with Crippen LogP contribution >= 0.6 is 0 Å². The van der Waals surface area contributed by atoms with Gasteiger partial charge in [0.2, 0.25) is 0 Å². The van der Waals surface area contributed by atoms with E-state index < -0.39 is 0 Å². The number of oxime groups is 1. The largest absolute Gasteiger partial charge is 0.497 e. The quantitative estimate of drug-likeness (QED) is 0.498. The second kappa shape index (κ2) is 5.12. The molecule has 1 aromatic carbocycles. The van der Waals surface area contributed by atoms with E-state index in [2.05, 4.69) is 10.1 Å². The number of ether oxygens (including phenoxy) is 1. The van der Waals surface area contributed by atoms with Crippen LogP contribution in [0.1, 0.15) is 11.3 Å². The lowest BCUT2D eigenvalue weighted by Crippen LogP contribution is -2.05. The monoisotopic (exact) mass is 228 g/mol. The zero-order valence-electron chi connectivity index (χ0n) is 9.37. The van der Waals surface area contributed by atoms with Crippen molar-refractivity contribution in [3.05, 3.63) is 59.9 Å². The van der Waals surface area contributed by atoms with Crippen LogP contribution in [-0.4, -0.2) is 23.0 Å². The van der Waals surface area contributed by atoms with Gasteiger partial charge in [0.1, 0.15) is 11.5 Å². The van der Waals surface area contributed by atoms with Crippen molar-refractivity contribution < 1.29 is 9.94 Å². The summed E-state index contributed by atoms with van der Waals surface area (Å²) in [7, 11) is 1.61. The third kappa shape index (κ3) is 2.42. The molecule has 0 unspecified atom stereocenters. The Hall–Kier alpha value is -2.36. The van der Waals surface area contributed by atoms with Crippen LogP contribution in [-0.2, 0) is 0 Å². The van der Waals surface area contributed by atoms with E-state index in [0.717, 1.165) is 11.3 Å². The van der Waals surface area contributed by atoms with Crippen molar-refractivity contribution >= 4 is 5.71 Å². The molecular formula is C13H12N2O2. The first-order valence-corrected chi connectivity index (χ1v) is 5.13. The summed E-state index contributed by atoms with van der Waals surface area (Å²) in [4.78, 5) is 4.15. The Labute approximate surface area is 99.2 Å². The molecule has 0 bridgehead atoms. The number of rotatable bonds is 3. The molecule has 2 aromatic rings. The molecule has 4 heteroatoms. The summed E-state index contributed by atoms with van der Waals surface area (Å²) in [5, 5.41) is 12.4. The highest BCUT2D eigenvalue weighted by molar-refractivity contribution is 6.11. The highest BCUT2D eigenvalue weighted by Crippen LogP contribution is 2.14. The molecule has 1 N–H and O–H groups in total. The van der Waals surface area contributed by atoms with Crippen molar-refractivity contribution in [3.63, 3.8) is 0 Å². The van der Waals surface area contributed by atoms with Crippen LogP contribution in [0.25, 0.3) is 0 Å². The molecule has 2 rings (SSSR count). The van der Waals surface area contributed by atoms with Gasteiger partial charge in [0.15, 0.2) is 0 Å². The first-order chi connectivity index (χ1) is 8.35. The lowest BCUT2D eigenvalue weighted by molar-refractivity contribution is 0.319. The summed E-state index contributed by atoms with van der Waals surface area (Å²) in [5.41, 5.74) is 1.85. The fourth-order valence-corrected chi connectivity index (χ4v) is 1.51. The average Bonchev–Trinajstić information content (AvgIpc) is 2.42. The molecule has 0 fully saturated rings. The van der Waals surface area contributed by atoms with Gasteiger partial charge in [-0.2, -0.15) is 0 Å². The third-order valence-electron chi connectivity index (χ3n) is 2.37. The van der Waals surface area contributed by atoms with Gasteiger partial charge in [-0.05, 0) is 36.4 Å². The molecule has 4 nitrogen and oxygen atoms in total. The summed E-state index contributed by atoms with van der Waals surface area (Å²) < 4.78 is 5.07. The van der Waals surface area contributed by atoms with Crippen LogP contribution < -0.4 is 4.74 Å². The van der Waals surface area contributed by atoms with Crippen LogP contribution in [0.2, 0.25) is 0 Å². The van der Waals surface area contributed by atoms with Crippen LogP contribution in [0.5, 0.6) is 5.75 Å². The molecular weight excluding hydrogens is 216 g/mol. The Morgan fingerprint density at radius 2 is 1.94 bits per heavy atom. The summed E-state index contributed by atoms with van der Waals surface area (Å²) >= 11 is 0. The van der Waals surface area contributed by atoms with E-state index in [1.165, 1.54) is 0 Å². The Morgan fingerprint density at radius 3 is 2.47 bits per heavy atom. The van der Waals surface area contributed by atoms with Crippen molar-refractivity contribution in [2.75, 3.05) is 7.11 Å². The standard InChI is InChI=1S/C13H12N2O2/c1-17-11-7-5-10(6-8-11)13(15-16)12-4-2-3-9-14-12/h2-9,16H,1H3. The van der Waals surface area contributed by atoms with Crippen molar-refractivity contribution in [3.8, 4) is 5.75 Å². The normalized spacial score (nSPS) is 11.2.